The summed E-state index contributed by atoms with van der Waals surface area (Å²) in [4.78, 5) is 15.0. The zero-order valence-corrected chi connectivity index (χ0v) is 17.5. The van der Waals surface area contributed by atoms with E-state index in [-0.39, 0.29) is 5.91 Å². The van der Waals surface area contributed by atoms with E-state index in [9.17, 15) is 4.79 Å². The molecule has 6 heteroatoms. The minimum absolute atomic E-state index is 0.112. The first-order valence-corrected chi connectivity index (χ1v) is 11.1. The quantitative estimate of drug-likeness (QED) is 0.491. The molecule has 0 spiro atoms. The van der Waals surface area contributed by atoms with E-state index in [1.165, 1.54) is 24.6 Å². The summed E-state index contributed by atoms with van der Waals surface area (Å²) in [5.74, 6) is 2.11. The first-order chi connectivity index (χ1) is 14.2. The van der Waals surface area contributed by atoms with Gasteiger partial charge in [-0.25, -0.2) is 0 Å². The lowest BCUT2D eigenvalue weighted by Crippen LogP contribution is -2.31. The summed E-state index contributed by atoms with van der Waals surface area (Å²) in [6.45, 7) is 4.15. The molecule has 5 nitrogen and oxygen atoms in total. The van der Waals surface area contributed by atoms with Crippen LogP contribution in [0.3, 0.4) is 0 Å². The summed E-state index contributed by atoms with van der Waals surface area (Å²) in [6, 6.07) is 20.3. The Bertz CT molecular complexity index is 897. The average Bonchev–Trinajstić information content (AvgIpc) is 3.52. The molecule has 1 aliphatic carbocycles. The van der Waals surface area contributed by atoms with Gasteiger partial charge in [0.15, 0.2) is 5.16 Å². The maximum atomic E-state index is 13.1. The topological polar surface area (TPSA) is 51.0 Å². The molecule has 1 fully saturated rings. The predicted molar refractivity (Wildman–Crippen MR) is 116 cm³/mol. The van der Waals surface area contributed by atoms with E-state index >= 15 is 0 Å². The molecular formula is C23H26N4OS. The summed E-state index contributed by atoms with van der Waals surface area (Å²) in [5, 5.41) is 9.58. The fraction of sp³-hybridized carbons (Fsp3) is 0.348. The number of rotatable bonds is 9. The SMILES string of the molecule is CCn1c(SCC(=O)N(Cc2ccccc2)Cc2ccccc2)nnc1C1CC1. The summed E-state index contributed by atoms with van der Waals surface area (Å²) in [7, 11) is 0. The Hall–Kier alpha value is -2.60. The highest BCUT2D eigenvalue weighted by Crippen LogP contribution is 2.40. The molecule has 3 aromatic rings. The molecule has 1 heterocycles. The van der Waals surface area contributed by atoms with Crippen molar-refractivity contribution in [3.8, 4) is 0 Å². The summed E-state index contributed by atoms with van der Waals surface area (Å²) < 4.78 is 2.16. The molecule has 4 rings (SSSR count). The summed E-state index contributed by atoms with van der Waals surface area (Å²) in [6.07, 6.45) is 2.40. The predicted octanol–water partition coefficient (Wildman–Crippen LogP) is 4.50. The van der Waals surface area contributed by atoms with E-state index in [0.717, 1.165) is 28.7 Å². The Morgan fingerprint density at radius 1 is 1.00 bits per heavy atom. The number of thioether (sulfide) groups is 1. The van der Waals surface area contributed by atoms with Gasteiger partial charge in [-0.15, -0.1) is 10.2 Å². The van der Waals surface area contributed by atoms with Crippen molar-refractivity contribution in [2.75, 3.05) is 5.75 Å². The van der Waals surface area contributed by atoms with E-state index < -0.39 is 0 Å². The van der Waals surface area contributed by atoms with Crippen molar-refractivity contribution >= 4 is 17.7 Å². The number of benzene rings is 2. The molecule has 1 aliphatic rings. The lowest BCUT2D eigenvalue weighted by molar-refractivity contribution is -0.129. The van der Waals surface area contributed by atoms with E-state index in [2.05, 4.69) is 46.0 Å². The molecule has 1 aromatic heterocycles. The van der Waals surface area contributed by atoms with Crippen molar-refractivity contribution in [3.05, 3.63) is 77.6 Å². The fourth-order valence-electron chi connectivity index (χ4n) is 3.41. The molecule has 0 radical (unpaired) electrons. The second-order valence-electron chi connectivity index (χ2n) is 7.37. The average molecular weight is 407 g/mol. The van der Waals surface area contributed by atoms with Gasteiger partial charge in [-0.1, -0.05) is 72.4 Å². The molecule has 150 valence electrons. The van der Waals surface area contributed by atoms with Crippen LogP contribution in [-0.2, 0) is 24.4 Å². The Labute approximate surface area is 176 Å². The standard InChI is InChI=1S/C23H26N4OS/c1-2-27-22(20-13-14-20)24-25-23(27)29-17-21(28)26(15-18-9-5-3-6-10-18)16-19-11-7-4-8-12-19/h3-12,20H,2,13-17H2,1H3. The highest BCUT2D eigenvalue weighted by Gasteiger charge is 2.30. The van der Waals surface area contributed by atoms with Gasteiger partial charge in [0.05, 0.1) is 5.75 Å². The van der Waals surface area contributed by atoms with E-state index in [4.69, 9.17) is 0 Å². The van der Waals surface area contributed by atoms with Crippen molar-refractivity contribution in [1.29, 1.82) is 0 Å². The molecule has 0 bridgehead atoms. The van der Waals surface area contributed by atoms with Crippen LogP contribution in [0.1, 0.15) is 42.6 Å². The summed E-state index contributed by atoms with van der Waals surface area (Å²) in [5.41, 5.74) is 2.27. The second-order valence-corrected chi connectivity index (χ2v) is 8.31. The van der Waals surface area contributed by atoms with E-state index in [1.54, 1.807) is 0 Å². The van der Waals surface area contributed by atoms with Gasteiger partial charge < -0.3 is 9.47 Å². The molecule has 1 amide bonds. The minimum atomic E-state index is 0.112. The van der Waals surface area contributed by atoms with Crippen LogP contribution in [0.25, 0.3) is 0 Å². The Morgan fingerprint density at radius 3 is 2.10 bits per heavy atom. The van der Waals surface area contributed by atoms with Gasteiger partial charge in [-0.3, -0.25) is 4.79 Å². The fourth-order valence-corrected chi connectivity index (χ4v) is 4.32. The number of hydrogen-bond donors (Lipinski definition) is 0. The van der Waals surface area contributed by atoms with Crippen LogP contribution in [0.4, 0.5) is 0 Å². The van der Waals surface area contributed by atoms with Gasteiger partial charge in [-0.05, 0) is 30.9 Å². The van der Waals surface area contributed by atoms with Gasteiger partial charge in [0.25, 0.3) is 0 Å². The molecule has 2 aromatic carbocycles. The lowest BCUT2D eigenvalue weighted by atomic mass is 10.1. The molecule has 1 saturated carbocycles. The number of carbonyl (C=O) groups is 1. The molecule has 0 unspecified atom stereocenters. The van der Waals surface area contributed by atoms with Crippen LogP contribution >= 0.6 is 11.8 Å². The third-order valence-corrected chi connectivity index (χ3v) is 6.07. The van der Waals surface area contributed by atoms with Crippen LogP contribution < -0.4 is 0 Å². The van der Waals surface area contributed by atoms with Crippen LogP contribution in [-0.4, -0.2) is 31.3 Å². The Kier molecular flexibility index (Phi) is 6.30. The molecule has 0 aliphatic heterocycles. The largest absolute Gasteiger partial charge is 0.333 e. The zero-order chi connectivity index (χ0) is 20.1. The Balaban J connectivity index is 1.45. The third kappa shape index (κ3) is 5.07. The van der Waals surface area contributed by atoms with Gasteiger partial charge >= 0.3 is 0 Å². The van der Waals surface area contributed by atoms with Crippen LogP contribution in [0.5, 0.6) is 0 Å². The van der Waals surface area contributed by atoms with Gasteiger partial charge in [-0.2, -0.15) is 0 Å². The second kappa shape index (κ2) is 9.27. The zero-order valence-electron chi connectivity index (χ0n) is 16.7. The van der Waals surface area contributed by atoms with Crippen LogP contribution in [0.15, 0.2) is 65.8 Å². The normalized spacial score (nSPS) is 13.4. The van der Waals surface area contributed by atoms with Gasteiger partial charge in [0.1, 0.15) is 5.82 Å². The number of aromatic nitrogens is 3. The number of amides is 1. The van der Waals surface area contributed by atoms with Crippen molar-refractivity contribution < 1.29 is 4.79 Å². The van der Waals surface area contributed by atoms with Crippen LogP contribution in [0, 0.1) is 0 Å². The Morgan fingerprint density at radius 2 is 1.59 bits per heavy atom. The van der Waals surface area contributed by atoms with E-state index in [0.29, 0.717) is 24.8 Å². The van der Waals surface area contributed by atoms with Crippen molar-refractivity contribution in [1.82, 2.24) is 19.7 Å². The summed E-state index contributed by atoms with van der Waals surface area (Å²) >= 11 is 1.49. The first-order valence-electron chi connectivity index (χ1n) is 10.2. The molecular weight excluding hydrogens is 380 g/mol. The smallest absolute Gasteiger partial charge is 0.233 e. The van der Waals surface area contributed by atoms with Crippen molar-refractivity contribution in [3.63, 3.8) is 0 Å². The lowest BCUT2D eigenvalue weighted by Gasteiger charge is -2.23. The number of carbonyl (C=O) groups excluding carboxylic acids is 1. The van der Waals surface area contributed by atoms with E-state index in [1.807, 2.05) is 41.3 Å². The minimum Gasteiger partial charge on any atom is -0.333 e. The molecule has 0 N–H and O–H groups in total. The monoisotopic (exact) mass is 406 g/mol. The van der Waals surface area contributed by atoms with Gasteiger partial charge in [0.2, 0.25) is 5.91 Å². The maximum absolute atomic E-state index is 13.1. The molecule has 0 saturated heterocycles. The van der Waals surface area contributed by atoms with Crippen molar-refractivity contribution in [2.45, 2.75) is 50.5 Å². The number of nitrogens with zero attached hydrogens (tertiary/aromatic N) is 4. The van der Waals surface area contributed by atoms with Crippen LogP contribution in [0.2, 0.25) is 0 Å². The van der Waals surface area contributed by atoms with Gasteiger partial charge in [0, 0.05) is 25.6 Å². The highest BCUT2D eigenvalue weighted by atomic mass is 32.2. The third-order valence-electron chi connectivity index (χ3n) is 5.11. The maximum Gasteiger partial charge on any atom is 0.233 e. The first kappa shape index (κ1) is 19.7. The highest BCUT2D eigenvalue weighted by molar-refractivity contribution is 7.99. The van der Waals surface area contributed by atoms with Crippen molar-refractivity contribution in [2.24, 2.45) is 0 Å². The number of hydrogen-bond acceptors (Lipinski definition) is 4. The molecule has 0 atom stereocenters. The molecule has 29 heavy (non-hydrogen) atoms.